The highest BCUT2D eigenvalue weighted by molar-refractivity contribution is 5.79. The quantitative estimate of drug-likeness (QED) is 0.786. The summed E-state index contributed by atoms with van der Waals surface area (Å²) in [7, 11) is 4.18. The zero-order chi connectivity index (χ0) is 19.4. The number of primary amides is 1. The molecule has 0 spiro atoms. The number of rotatable bonds is 7. The Hall–Kier alpha value is -2.13. The zero-order valence-electron chi connectivity index (χ0n) is 17.0. The minimum absolute atomic E-state index is 0.269. The van der Waals surface area contributed by atoms with E-state index in [1.165, 1.54) is 27.8 Å². The van der Waals surface area contributed by atoms with Crippen molar-refractivity contribution >= 4 is 5.91 Å². The molecule has 0 aliphatic heterocycles. The fourth-order valence-electron chi connectivity index (χ4n) is 3.56. The number of benzene rings is 2. The number of hydrogen-bond donors (Lipinski definition) is 1. The molecule has 0 radical (unpaired) electrons. The molecule has 26 heavy (non-hydrogen) atoms. The molecule has 0 aromatic heterocycles. The molecule has 3 heteroatoms. The second-order valence-electron chi connectivity index (χ2n) is 7.98. The first-order chi connectivity index (χ1) is 12.2. The maximum absolute atomic E-state index is 11.7. The van der Waals surface area contributed by atoms with E-state index in [9.17, 15) is 4.79 Å². The lowest BCUT2D eigenvalue weighted by Crippen LogP contribution is -2.17. The van der Waals surface area contributed by atoms with Crippen LogP contribution in [0.5, 0.6) is 0 Å². The molecule has 2 aromatic carbocycles. The normalized spacial score (nSPS) is 11.6. The molecule has 0 unspecified atom stereocenters. The smallest absolute Gasteiger partial charge is 0.221 e. The van der Waals surface area contributed by atoms with Crippen LogP contribution in [-0.2, 0) is 17.8 Å². The Morgan fingerprint density at radius 3 is 2.00 bits per heavy atom. The lowest BCUT2D eigenvalue weighted by Gasteiger charge is -2.22. The second-order valence-corrected chi connectivity index (χ2v) is 7.98. The number of nitrogens with zero attached hydrogens (tertiary/aromatic N) is 1. The molecule has 0 aliphatic carbocycles. The first kappa shape index (κ1) is 20.2. The van der Waals surface area contributed by atoms with Crippen molar-refractivity contribution in [3.8, 4) is 11.1 Å². The molecule has 0 atom stereocenters. The van der Waals surface area contributed by atoms with Crippen LogP contribution in [0.2, 0.25) is 0 Å². The van der Waals surface area contributed by atoms with Crippen LogP contribution >= 0.6 is 0 Å². The van der Waals surface area contributed by atoms with Crippen LogP contribution in [0.15, 0.2) is 36.4 Å². The van der Waals surface area contributed by atoms with E-state index < -0.39 is 0 Å². The van der Waals surface area contributed by atoms with Gasteiger partial charge in [-0.15, -0.1) is 0 Å². The Bertz CT molecular complexity index is 747. The highest BCUT2D eigenvalue weighted by atomic mass is 16.1. The Labute approximate surface area is 158 Å². The number of amides is 1. The maximum Gasteiger partial charge on any atom is 0.221 e. The fraction of sp³-hybridized carbons (Fsp3) is 0.435. The van der Waals surface area contributed by atoms with Gasteiger partial charge >= 0.3 is 0 Å². The van der Waals surface area contributed by atoms with Gasteiger partial charge in [0.25, 0.3) is 0 Å². The van der Waals surface area contributed by atoms with Crippen molar-refractivity contribution in [1.82, 2.24) is 4.90 Å². The number of carbonyl (C=O) groups excluding carboxylic acids is 1. The van der Waals surface area contributed by atoms with Crippen molar-refractivity contribution in [2.24, 2.45) is 5.73 Å². The molecule has 0 saturated heterocycles. The molecule has 0 saturated carbocycles. The monoisotopic (exact) mass is 352 g/mol. The lowest BCUT2D eigenvalue weighted by molar-refractivity contribution is -0.117. The fourth-order valence-corrected chi connectivity index (χ4v) is 3.56. The third-order valence-electron chi connectivity index (χ3n) is 4.73. The van der Waals surface area contributed by atoms with Gasteiger partial charge in [0.05, 0.1) is 6.42 Å². The van der Waals surface area contributed by atoms with E-state index in [1.807, 2.05) is 0 Å². The van der Waals surface area contributed by atoms with Gasteiger partial charge in [0.2, 0.25) is 5.91 Å². The maximum atomic E-state index is 11.7. The first-order valence-electron chi connectivity index (χ1n) is 9.38. The van der Waals surface area contributed by atoms with Crippen molar-refractivity contribution in [2.75, 3.05) is 14.1 Å². The molecule has 1 amide bonds. The van der Waals surface area contributed by atoms with Crippen molar-refractivity contribution < 1.29 is 4.79 Å². The molecular weight excluding hydrogens is 320 g/mol. The van der Waals surface area contributed by atoms with E-state index >= 15 is 0 Å². The predicted octanol–water partition coefficient (Wildman–Crippen LogP) is 4.69. The predicted molar refractivity (Wildman–Crippen MR) is 110 cm³/mol. The van der Waals surface area contributed by atoms with E-state index in [2.05, 4.69) is 83.1 Å². The summed E-state index contributed by atoms with van der Waals surface area (Å²) in [6, 6.07) is 13.1. The first-order valence-corrected chi connectivity index (χ1v) is 9.38. The highest BCUT2D eigenvalue weighted by Gasteiger charge is 2.19. The van der Waals surface area contributed by atoms with Crippen LogP contribution < -0.4 is 5.73 Å². The molecule has 0 fully saturated rings. The van der Waals surface area contributed by atoms with Crippen molar-refractivity contribution in [2.45, 2.75) is 52.5 Å². The molecule has 0 bridgehead atoms. The van der Waals surface area contributed by atoms with Gasteiger partial charge in [0, 0.05) is 6.54 Å². The van der Waals surface area contributed by atoms with Gasteiger partial charge in [-0.05, 0) is 59.3 Å². The standard InChI is InChI=1S/C23H32N2O/c1-15(2)20-11-18(12-21(16(3)4)22(20)13-23(24)26)19-10-8-7-9-17(19)14-25(5)6/h7-12,15-16H,13-14H2,1-6H3,(H2,24,26). The average molecular weight is 353 g/mol. The van der Waals surface area contributed by atoms with Gasteiger partial charge in [0.1, 0.15) is 0 Å². The summed E-state index contributed by atoms with van der Waals surface area (Å²) >= 11 is 0. The number of hydrogen-bond acceptors (Lipinski definition) is 2. The summed E-state index contributed by atoms with van der Waals surface area (Å²) in [6.07, 6.45) is 0.306. The summed E-state index contributed by atoms with van der Waals surface area (Å²) < 4.78 is 0. The number of carbonyl (C=O) groups is 1. The summed E-state index contributed by atoms with van der Waals surface area (Å²) in [5, 5.41) is 0. The summed E-state index contributed by atoms with van der Waals surface area (Å²) in [5.41, 5.74) is 12.9. The molecule has 3 nitrogen and oxygen atoms in total. The van der Waals surface area contributed by atoms with Crippen LogP contribution in [0, 0.1) is 0 Å². The van der Waals surface area contributed by atoms with Gasteiger partial charge in [-0.3, -0.25) is 4.79 Å². The Morgan fingerprint density at radius 1 is 1.00 bits per heavy atom. The summed E-state index contributed by atoms with van der Waals surface area (Å²) in [6.45, 7) is 9.62. The second kappa shape index (κ2) is 8.50. The van der Waals surface area contributed by atoms with Gasteiger partial charge in [-0.2, -0.15) is 0 Å². The van der Waals surface area contributed by atoms with Gasteiger partial charge in [-0.1, -0.05) is 64.1 Å². The van der Waals surface area contributed by atoms with E-state index in [1.54, 1.807) is 0 Å². The Morgan fingerprint density at radius 2 is 1.54 bits per heavy atom. The molecule has 2 N–H and O–H groups in total. The van der Waals surface area contributed by atoms with E-state index in [-0.39, 0.29) is 5.91 Å². The van der Waals surface area contributed by atoms with E-state index in [4.69, 9.17) is 5.73 Å². The minimum Gasteiger partial charge on any atom is -0.369 e. The molecule has 2 aromatic rings. The highest BCUT2D eigenvalue weighted by Crippen LogP contribution is 2.35. The van der Waals surface area contributed by atoms with Crippen LogP contribution in [0.3, 0.4) is 0 Å². The topological polar surface area (TPSA) is 46.3 Å². The zero-order valence-corrected chi connectivity index (χ0v) is 17.0. The van der Waals surface area contributed by atoms with Crippen LogP contribution in [-0.4, -0.2) is 24.9 Å². The molecule has 2 rings (SSSR count). The molecular formula is C23H32N2O. The average Bonchev–Trinajstić information content (AvgIpc) is 2.54. The van der Waals surface area contributed by atoms with E-state index in [0.717, 1.165) is 12.1 Å². The third kappa shape index (κ3) is 4.73. The molecule has 0 heterocycles. The van der Waals surface area contributed by atoms with Crippen LogP contribution in [0.25, 0.3) is 11.1 Å². The van der Waals surface area contributed by atoms with Gasteiger partial charge in [-0.25, -0.2) is 0 Å². The summed E-state index contributed by atoms with van der Waals surface area (Å²) in [4.78, 5) is 13.9. The van der Waals surface area contributed by atoms with Gasteiger partial charge in [0.15, 0.2) is 0 Å². The van der Waals surface area contributed by atoms with Crippen LogP contribution in [0.4, 0.5) is 0 Å². The van der Waals surface area contributed by atoms with Gasteiger partial charge < -0.3 is 10.6 Å². The van der Waals surface area contributed by atoms with Crippen LogP contribution in [0.1, 0.15) is 61.8 Å². The van der Waals surface area contributed by atoms with Crippen molar-refractivity contribution in [3.05, 3.63) is 58.7 Å². The SMILES string of the molecule is CC(C)c1cc(-c2ccccc2CN(C)C)cc(C(C)C)c1CC(N)=O. The molecule has 140 valence electrons. The third-order valence-corrected chi connectivity index (χ3v) is 4.73. The van der Waals surface area contributed by atoms with Crippen molar-refractivity contribution in [3.63, 3.8) is 0 Å². The summed E-state index contributed by atoms with van der Waals surface area (Å²) in [5.74, 6) is 0.403. The minimum atomic E-state index is -0.269. The largest absolute Gasteiger partial charge is 0.369 e. The van der Waals surface area contributed by atoms with Crippen molar-refractivity contribution in [1.29, 1.82) is 0 Å². The molecule has 0 aliphatic rings. The van der Waals surface area contributed by atoms with E-state index in [0.29, 0.717) is 18.3 Å². The number of nitrogens with two attached hydrogens (primary N) is 1. The lowest BCUT2D eigenvalue weighted by atomic mass is 9.83. The Kier molecular flexibility index (Phi) is 6.60. The Balaban J connectivity index is 2.70.